The lowest BCUT2D eigenvalue weighted by molar-refractivity contribution is -0.136. The number of rotatable bonds is 8. The van der Waals surface area contributed by atoms with Gasteiger partial charge >= 0.3 is 0 Å². The fourth-order valence-electron chi connectivity index (χ4n) is 4.85. The molecule has 2 heterocycles. The first kappa shape index (κ1) is 25.4. The summed E-state index contributed by atoms with van der Waals surface area (Å²) in [7, 11) is 0. The zero-order valence-corrected chi connectivity index (χ0v) is 21.7. The van der Waals surface area contributed by atoms with Gasteiger partial charge in [-0.1, -0.05) is 55.0 Å². The van der Waals surface area contributed by atoms with Gasteiger partial charge in [0.25, 0.3) is 0 Å². The third-order valence-corrected chi connectivity index (χ3v) is 7.04. The number of aryl methyl sites for hydroxylation is 1. The van der Waals surface area contributed by atoms with Gasteiger partial charge in [0.15, 0.2) is 0 Å². The summed E-state index contributed by atoms with van der Waals surface area (Å²) in [5, 5.41) is 3.51. The normalized spacial score (nSPS) is 13.6. The topological polar surface area (TPSA) is 67.2 Å². The van der Waals surface area contributed by atoms with Gasteiger partial charge < -0.3 is 14.8 Å². The molecular formula is C31H31FN4O2. The maximum absolute atomic E-state index is 13.8. The van der Waals surface area contributed by atoms with Gasteiger partial charge in [0.2, 0.25) is 5.91 Å². The van der Waals surface area contributed by atoms with Crippen molar-refractivity contribution >= 4 is 23.2 Å². The number of nitrogens with zero attached hydrogens (tertiary/aromatic N) is 3. The van der Waals surface area contributed by atoms with Crippen molar-refractivity contribution in [3.63, 3.8) is 0 Å². The molecule has 0 saturated carbocycles. The maximum Gasteiger partial charge on any atom is 0.231 e. The summed E-state index contributed by atoms with van der Waals surface area (Å²) in [6, 6.07) is 23.9. The van der Waals surface area contributed by atoms with Gasteiger partial charge in [-0.25, -0.2) is 9.37 Å². The summed E-state index contributed by atoms with van der Waals surface area (Å²) in [4.78, 5) is 32.9. The highest BCUT2D eigenvalue weighted by atomic mass is 19.1. The minimum absolute atomic E-state index is 0.0638. The van der Waals surface area contributed by atoms with Gasteiger partial charge in [-0.3, -0.25) is 9.59 Å². The van der Waals surface area contributed by atoms with Crippen LogP contribution in [0.4, 0.5) is 15.9 Å². The molecule has 4 aromatic rings. The molecule has 7 heteroatoms. The standard InChI is InChI=1S/C31H31FN4O2/c1-3-26(37)19-27(22-7-5-4-6-8-22)31(38)35-17-18-36-28(20-35)34-29(23-11-13-24(32)14-12-23)30(36)33-25-15-9-21(2)10-16-25/h4-16,27,33H,3,17-20H2,1-2H3/t27-/m0/s1. The quantitative estimate of drug-likeness (QED) is 0.305. The number of carbonyl (C=O) groups is 2. The molecule has 0 bridgehead atoms. The molecule has 1 aromatic heterocycles. The van der Waals surface area contributed by atoms with Crippen LogP contribution in [-0.4, -0.2) is 32.7 Å². The number of ketones is 1. The van der Waals surface area contributed by atoms with Crippen molar-refractivity contribution in [1.29, 1.82) is 0 Å². The monoisotopic (exact) mass is 510 g/mol. The van der Waals surface area contributed by atoms with E-state index >= 15 is 0 Å². The maximum atomic E-state index is 13.8. The SMILES string of the molecule is CCC(=O)C[C@H](C(=O)N1CCn2c(nc(-c3ccc(F)cc3)c2Nc2ccc(C)cc2)C1)c1ccccc1. The number of benzene rings is 3. The van der Waals surface area contributed by atoms with Crippen LogP contribution in [0.1, 0.15) is 42.6 Å². The molecule has 38 heavy (non-hydrogen) atoms. The molecular weight excluding hydrogens is 479 g/mol. The molecule has 1 aliphatic rings. The van der Waals surface area contributed by atoms with Crippen molar-refractivity contribution in [1.82, 2.24) is 14.5 Å². The third-order valence-electron chi connectivity index (χ3n) is 7.04. The number of carbonyl (C=O) groups excluding carboxylic acids is 2. The fourth-order valence-corrected chi connectivity index (χ4v) is 4.85. The molecule has 1 aliphatic heterocycles. The average molecular weight is 511 g/mol. The van der Waals surface area contributed by atoms with Gasteiger partial charge in [-0.2, -0.15) is 0 Å². The van der Waals surface area contributed by atoms with Crippen LogP contribution in [0.2, 0.25) is 0 Å². The van der Waals surface area contributed by atoms with Crippen molar-refractivity contribution in [2.45, 2.75) is 45.7 Å². The van der Waals surface area contributed by atoms with E-state index in [2.05, 4.69) is 9.88 Å². The Morgan fingerprint density at radius 3 is 2.37 bits per heavy atom. The molecule has 1 amide bonds. The summed E-state index contributed by atoms with van der Waals surface area (Å²) in [5.74, 6) is 0.719. The van der Waals surface area contributed by atoms with Gasteiger partial charge in [0, 0.05) is 37.2 Å². The largest absolute Gasteiger partial charge is 0.340 e. The van der Waals surface area contributed by atoms with Crippen LogP contribution in [0.25, 0.3) is 11.3 Å². The summed E-state index contributed by atoms with van der Waals surface area (Å²) < 4.78 is 15.8. The number of aromatic nitrogens is 2. The molecule has 0 radical (unpaired) electrons. The van der Waals surface area contributed by atoms with Crippen LogP contribution >= 0.6 is 0 Å². The molecule has 0 aliphatic carbocycles. The van der Waals surface area contributed by atoms with Crippen molar-refractivity contribution in [2.75, 3.05) is 11.9 Å². The predicted octanol–water partition coefficient (Wildman–Crippen LogP) is 6.24. The summed E-state index contributed by atoms with van der Waals surface area (Å²) in [6.45, 7) is 5.24. The first-order valence-corrected chi connectivity index (χ1v) is 13.0. The zero-order valence-electron chi connectivity index (χ0n) is 21.7. The molecule has 0 unspecified atom stereocenters. The Morgan fingerprint density at radius 2 is 1.68 bits per heavy atom. The van der Waals surface area contributed by atoms with E-state index in [0.29, 0.717) is 31.7 Å². The molecule has 0 saturated heterocycles. The van der Waals surface area contributed by atoms with Crippen molar-refractivity contribution in [3.8, 4) is 11.3 Å². The molecule has 1 N–H and O–H groups in total. The summed E-state index contributed by atoms with van der Waals surface area (Å²) in [6.07, 6.45) is 0.585. The Hall–Kier alpha value is -4.26. The van der Waals surface area contributed by atoms with Gasteiger partial charge in [0.1, 0.15) is 28.9 Å². The first-order chi connectivity index (χ1) is 18.4. The van der Waals surface area contributed by atoms with E-state index in [1.54, 1.807) is 17.0 Å². The van der Waals surface area contributed by atoms with E-state index in [4.69, 9.17) is 4.98 Å². The Kier molecular flexibility index (Phi) is 7.36. The second-order valence-corrected chi connectivity index (χ2v) is 9.69. The Bertz CT molecular complexity index is 1430. The lowest BCUT2D eigenvalue weighted by atomic mass is 9.91. The fraction of sp³-hybridized carbons (Fsp3) is 0.258. The second kappa shape index (κ2) is 11.0. The van der Waals surface area contributed by atoms with E-state index in [9.17, 15) is 14.0 Å². The Balaban J connectivity index is 1.48. The van der Waals surface area contributed by atoms with Crippen LogP contribution in [0.3, 0.4) is 0 Å². The van der Waals surface area contributed by atoms with Gasteiger partial charge in [0.05, 0.1) is 12.5 Å². The highest BCUT2D eigenvalue weighted by Crippen LogP contribution is 2.34. The molecule has 5 rings (SSSR count). The minimum atomic E-state index is -0.521. The highest BCUT2D eigenvalue weighted by Gasteiger charge is 2.32. The second-order valence-electron chi connectivity index (χ2n) is 9.69. The van der Waals surface area contributed by atoms with Gasteiger partial charge in [-0.15, -0.1) is 0 Å². The number of hydrogen-bond donors (Lipinski definition) is 1. The van der Waals surface area contributed by atoms with E-state index in [1.807, 2.05) is 68.4 Å². The van der Waals surface area contributed by atoms with Crippen LogP contribution < -0.4 is 5.32 Å². The number of anilines is 2. The smallest absolute Gasteiger partial charge is 0.231 e. The zero-order chi connectivity index (χ0) is 26.6. The minimum Gasteiger partial charge on any atom is -0.340 e. The van der Waals surface area contributed by atoms with Crippen molar-refractivity contribution < 1.29 is 14.0 Å². The summed E-state index contributed by atoms with van der Waals surface area (Å²) in [5.41, 5.74) is 4.42. The number of nitrogens with one attached hydrogen (secondary N) is 1. The number of amides is 1. The van der Waals surface area contributed by atoms with Crippen molar-refractivity contribution in [2.24, 2.45) is 0 Å². The molecule has 1 atom stereocenters. The van der Waals surface area contributed by atoms with Crippen LogP contribution in [0, 0.1) is 12.7 Å². The van der Waals surface area contributed by atoms with Gasteiger partial charge in [-0.05, 0) is 48.9 Å². The number of hydrogen-bond acceptors (Lipinski definition) is 4. The number of fused-ring (bicyclic) bond motifs is 1. The van der Waals surface area contributed by atoms with Crippen molar-refractivity contribution in [3.05, 3.63) is 102 Å². The number of imidazole rings is 1. The third kappa shape index (κ3) is 5.37. The molecule has 0 spiro atoms. The van der Waals surface area contributed by atoms with E-state index in [-0.39, 0.29) is 23.9 Å². The van der Waals surface area contributed by atoms with E-state index in [0.717, 1.165) is 34.0 Å². The lowest BCUT2D eigenvalue weighted by Gasteiger charge is -2.31. The molecule has 3 aromatic carbocycles. The lowest BCUT2D eigenvalue weighted by Crippen LogP contribution is -2.41. The molecule has 6 nitrogen and oxygen atoms in total. The average Bonchev–Trinajstić information content (AvgIpc) is 3.30. The molecule has 0 fully saturated rings. The predicted molar refractivity (Wildman–Crippen MR) is 147 cm³/mol. The van der Waals surface area contributed by atoms with Crippen LogP contribution in [0.5, 0.6) is 0 Å². The molecule has 194 valence electrons. The van der Waals surface area contributed by atoms with E-state index < -0.39 is 5.92 Å². The summed E-state index contributed by atoms with van der Waals surface area (Å²) >= 11 is 0. The Morgan fingerprint density at radius 1 is 0.974 bits per heavy atom. The number of halogens is 1. The van der Waals surface area contributed by atoms with Crippen LogP contribution in [0.15, 0.2) is 78.9 Å². The highest BCUT2D eigenvalue weighted by molar-refractivity contribution is 5.90. The number of Topliss-reactive ketones (excluding diaryl/α,β-unsaturated/α-hetero) is 1. The Labute approximate surface area is 222 Å². The van der Waals surface area contributed by atoms with Crippen LogP contribution in [-0.2, 0) is 22.7 Å². The first-order valence-electron chi connectivity index (χ1n) is 13.0. The van der Waals surface area contributed by atoms with E-state index in [1.165, 1.54) is 12.1 Å².